The second kappa shape index (κ2) is 8.41. The molecular weight excluding hydrogens is 197 g/mol. The molecule has 0 spiro atoms. The molecule has 0 aliphatic heterocycles. The van der Waals surface area contributed by atoms with E-state index in [2.05, 4.69) is 18.8 Å². The average Bonchev–Trinajstić information content (AvgIpc) is 2.25. The average molecular weight is 217 g/mol. The van der Waals surface area contributed by atoms with E-state index in [-0.39, 0.29) is 0 Å². The number of nitrogens with one attached hydrogen (secondary N) is 1. The van der Waals surface area contributed by atoms with E-state index < -0.39 is 24.7 Å². The Balaban J connectivity index is 3.92. The van der Waals surface area contributed by atoms with Crippen LogP contribution in [-0.2, 0) is 4.79 Å². The molecule has 0 aliphatic carbocycles. The van der Waals surface area contributed by atoms with Gasteiger partial charge in [-0.05, 0) is 6.42 Å². The van der Waals surface area contributed by atoms with Gasteiger partial charge in [0.05, 0.1) is 12.1 Å². The van der Waals surface area contributed by atoms with Gasteiger partial charge >= 0.3 is 0 Å². The molecule has 0 aromatic rings. The van der Waals surface area contributed by atoms with Crippen LogP contribution >= 0.6 is 0 Å². The molecule has 0 aliphatic rings. The molecule has 0 aromatic carbocycles. The van der Waals surface area contributed by atoms with Gasteiger partial charge < -0.3 is 10.4 Å². The number of hydrogen-bond donors (Lipinski definition) is 2. The van der Waals surface area contributed by atoms with Crippen molar-refractivity contribution in [1.82, 2.24) is 5.32 Å². The van der Waals surface area contributed by atoms with Gasteiger partial charge in [-0.25, -0.2) is 4.39 Å². The lowest BCUT2D eigenvalue weighted by Gasteiger charge is -2.20. The highest BCUT2D eigenvalue weighted by atomic mass is 19.1. The summed E-state index contributed by atoms with van der Waals surface area (Å²) in [5, 5.41) is 12.0. The molecule has 0 saturated heterocycles. The van der Waals surface area contributed by atoms with Crippen LogP contribution in [0.5, 0.6) is 0 Å². The van der Waals surface area contributed by atoms with Gasteiger partial charge in [0.25, 0.3) is 5.91 Å². The van der Waals surface area contributed by atoms with Gasteiger partial charge in [0.15, 0.2) is 6.67 Å². The van der Waals surface area contributed by atoms with Gasteiger partial charge in [-0.3, -0.25) is 4.79 Å². The Morgan fingerprint density at radius 3 is 2.73 bits per heavy atom. The fourth-order valence-electron chi connectivity index (χ4n) is 1.32. The second-order valence-electron chi connectivity index (χ2n) is 3.53. The van der Waals surface area contributed by atoms with Crippen molar-refractivity contribution in [3.05, 3.63) is 12.7 Å². The standard InChI is InChI=1S/C11H20FNO2/c1-3-5-6-7-10(14)9(4-2)13-11(15)8-12/h4,9-10,14H,2-3,5-8H2,1H3,(H,13,15)/t9-,10+/m0/s1. The van der Waals surface area contributed by atoms with Crippen LogP contribution in [0.15, 0.2) is 12.7 Å². The summed E-state index contributed by atoms with van der Waals surface area (Å²) in [6.07, 6.45) is 4.36. The quantitative estimate of drug-likeness (QED) is 0.479. The number of rotatable bonds is 8. The molecule has 0 aromatic heterocycles. The van der Waals surface area contributed by atoms with Crippen LogP contribution in [0.3, 0.4) is 0 Å². The third-order valence-electron chi connectivity index (χ3n) is 2.22. The predicted octanol–water partition coefficient (Wildman–Crippen LogP) is 1.57. The number of aliphatic hydroxyl groups is 1. The molecule has 0 unspecified atom stereocenters. The molecule has 0 heterocycles. The molecule has 2 atom stereocenters. The number of alkyl halides is 1. The van der Waals surface area contributed by atoms with Crippen molar-refractivity contribution in [3.8, 4) is 0 Å². The first-order chi connectivity index (χ1) is 7.15. The minimum Gasteiger partial charge on any atom is -0.391 e. The van der Waals surface area contributed by atoms with E-state index in [0.29, 0.717) is 6.42 Å². The Kier molecular flexibility index (Phi) is 7.91. The molecule has 0 fully saturated rings. The molecule has 2 N–H and O–H groups in total. The highest BCUT2D eigenvalue weighted by molar-refractivity contribution is 5.77. The molecule has 3 nitrogen and oxygen atoms in total. The second-order valence-corrected chi connectivity index (χ2v) is 3.53. The van der Waals surface area contributed by atoms with Crippen molar-refractivity contribution in [2.75, 3.05) is 6.67 Å². The summed E-state index contributed by atoms with van der Waals surface area (Å²) < 4.78 is 11.9. The van der Waals surface area contributed by atoms with E-state index in [9.17, 15) is 14.3 Å². The molecule has 1 amide bonds. The Morgan fingerprint density at radius 1 is 1.60 bits per heavy atom. The molecule has 88 valence electrons. The first-order valence-electron chi connectivity index (χ1n) is 5.31. The fourth-order valence-corrected chi connectivity index (χ4v) is 1.32. The van der Waals surface area contributed by atoms with Crippen molar-refractivity contribution < 1.29 is 14.3 Å². The maximum Gasteiger partial charge on any atom is 0.251 e. The van der Waals surface area contributed by atoms with Crippen LogP contribution in [0.25, 0.3) is 0 Å². The Morgan fingerprint density at radius 2 is 2.27 bits per heavy atom. The topological polar surface area (TPSA) is 49.3 Å². The van der Waals surface area contributed by atoms with Crippen LogP contribution in [0.2, 0.25) is 0 Å². The number of carbonyl (C=O) groups excluding carboxylic acids is 1. The van der Waals surface area contributed by atoms with E-state index >= 15 is 0 Å². The number of amides is 1. The van der Waals surface area contributed by atoms with Crippen molar-refractivity contribution in [3.63, 3.8) is 0 Å². The third kappa shape index (κ3) is 6.23. The predicted molar refractivity (Wildman–Crippen MR) is 58.3 cm³/mol. The van der Waals surface area contributed by atoms with Crippen molar-refractivity contribution in [1.29, 1.82) is 0 Å². The lowest BCUT2D eigenvalue weighted by molar-refractivity contribution is -0.123. The van der Waals surface area contributed by atoms with Gasteiger partial charge in [0.2, 0.25) is 0 Å². The summed E-state index contributed by atoms with van der Waals surface area (Å²) in [5.41, 5.74) is 0. The molecule has 0 bridgehead atoms. The molecule has 4 heteroatoms. The third-order valence-corrected chi connectivity index (χ3v) is 2.22. The SMILES string of the molecule is C=C[C@H](NC(=O)CF)[C@H](O)CCCCC. The van der Waals surface area contributed by atoms with Crippen molar-refractivity contribution in [2.24, 2.45) is 0 Å². The van der Waals surface area contributed by atoms with Crippen LogP contribution in [-0.4, -0.2) is 29.8 Å². The van der Waals surface area contributed by atoms with Gasteiger partial charge in [-0.15, -0.1) is 6.58 Å². The summed E-state index contributed by atoms with van der Waals surface area (Å²) in [4.78, 5) is 10.8. The largest absolute Gasteiger partial charge is 0.391 e. The van der Waals surface area contributed by atoms with Crippen LogP contribution < -0.4 is 5.32 Å². The highest BCUT2D eigenvalue weighted by Crippen LogP contribution is 2.07. The van der Waals surface area contributed by atoms with Crippen LogP contribution in [0, 0.1) is 0 Å². The van der Waals surface area contributed by atoms with Gasteiger partial charge in [0, 0.05) is 0 Å². The minimum atomic E-state index is -1.06. The highest BCUT2D eigenvalue weighted by Gasteiger charge is 2.17. The molecule has 15 heavy (non-hydrogen) atoms. The number of carbonyl (C=O) groups is 1. The summed E-state index contributed by atoms with van der Waals surface area (Å²) in [6.45, 7) is 4.51. The lowest BCUT2D eigenvalue weighted by Crippen LogP contribution is -2.42. The first-order valence-corrected chi connectivity index (χ1v) is 5.31. The maximum absolute atomic E-state index is 11.9. The number of hydrogen-bond acceptors (Lipinski definition) is 2. The zero-order valence-electron chi connectivity index (χ0n) is 9.21. The first kappa shape index (κ1) is 14.1. The molecule has 0 radical (unpaired) electrons. The number of aliphatic hydroxyl groups excluding tert-OH is 1. The number of halogens is 1. The van der Waals surface area contributed by atoms with Gasteiger partial charge in [0.1, 0.15) is 0 Å². The Bertz CT molecular complexity index is 197. The van der Waals surface area contributed by atoms with Crippen LogP contribution in [0.1, 0.15) is 32.6 Å². The number of unbranched alkanes of at least 4 members (excludes halogenated alkanes) is 2. The normalized spacial score (nSPS) is 14.3. The molecule has 0 saturated carbocycles. The van der Waals surface area contributed by atoms with E-state index in [0.717, 1.165) is 19.3 Å². The minimum absolute atomic E-state index is 0.551. The van der Waals surface area contributed by atoms with Gasteiger partial charge in [-0.2, -0.15) is 0 Å². The van der Waals surface area contributed by atoms with Crippen molar-refractivity contribution >= 4 is 5.91 Å². The molecular formula is C11H20FNO2. The van der Waals surface area contributed by atoms with E-state index in [1.165, 1.54) is 6.08 Å². The monoisotopic (exact) mass is 217 g/mol. The fraction of sp³-hybridized carbons (Fsp3) is 0.727. The smallest absolute Gasteiger partial charge is 0.251 e. The lowest BCUT2D eigenvalue weighted by atomic mass is 10.0. The summed E-state index contributed by atoms with van der Waals surface area (Å²) in [5.74, 6) is -0.713. The van der Waals surface area contributed by atoms with Gasteiger partial charge in [-0.1, -0.05) is 32.3 Å². The zero-order valence-corrected chi connectivity index (χ0v) is 9.21. The summed E-state index contributed by atoms with van der Waals surface area (Å²) in [7, 11) is 0. The van der Waals surface area contributed by atoms with Crippen LogP contribution in [0.4, 0.5) is 4.39 Å². The molecule has 0 rings (SSSR count). The summed E-state index contributed by atoms with van der Waals surface area (Å²) in [6, 6.07) is -0.551. The Labute approximate surface area is 90.4 Å². The van der Waals surface area contributed by atoms with E-state index in [1.807, 2.05) is 0 Å². The van der Waals surface area contributed by atoms with E-state index in [1.54, 1.807) is 0 Å². The summed E-state index contributed by atoms with van der Waals surface area (Å²) >= 11 is 0. The Hall–Kier alpha value is -0.900. The zero-order chi connectivity index (χ0) is 11.7. The van der Waals surface area contributed by atoms with E-state index in [4.69, 9.17) is 0 Å². The maximum atomic E-state index is 11.9. The van der Waals surface area contributed by atoms with Crippen molar-refractivity contribution in [2.45, 2.75) is 44.8 Å².